The molecule has 0 spiro atoms. The first kappa shape index (κ1) is 12.7. The second-order valence-corrected chi connectivity index (χ2v) is 5.27. The first-order valence-electron chi connectivity index (χ1n) is 5.15. The second-order valence-electron chi connectivity index (χ2n) is 3.50. The molecule has 2 heterocycles. The molecule has 2 rings (SSSR count). The smallest absolute Gasteiger partial charge is 0.242 e. The van der Waals surface area contributed by atoms with E-state index >= 15 is 0 Å². The van der Waals surface area contributed by atoms with Crippen LogP contribution in [0.15, 0.2) is 28.0 Å². The van der Waals surface area contributed by atoms with E-state index in [2.05, 4.69) is 19.8 Å². The van der Waals surface area contributed by atoms with Crippen LogP contribution in [0, 0.1) is 0 Å². The predicted octanol–water partition coefficient (Wildman–Crippen LogP) is -0.589. The first-order chi connectivity index (χ1) is 8.62. The van der Waals surface area contributed by atoms with Crippen molar-refractivity contribution in [3.63, 3.8) is 0 Å². The molecule has 0 amide bonds. The molecule has 8 nitrogen and oxygen atoms in total. The molecule has 2 aromatic rings. The molecule has 3 N–H and O–H groups in total. The molecule has 0 aromatic carbocycles. The van der Waals surface area contributed by atoms with Gasteiger partial charge in [-0.25, -0.2) is 13.1 Å². The van der Waals surface area contributed by atoms with Gasteiger partial charge in [0, 0.05) is 24.9 Å². The number of aliphatic hydroxyl groups is 1. The number of aromatic nitrogens is 3. The Hall–Kier alpha value is -1.71. The minimum atomic E-state index is -3.58. The van der Waals surface area contributed by atoms with Gasteiger partial charge in [0.05, 0.1) is 11.5 Å². The Morgan fingerprint density at radius 1 is 1.50 bits per heavy atom. The first-order valence-corrected chi connectivity index (χ1v) is 6.63. The molecule has 0 unspecified atom stereocenters. The van der Waals surface area contributed by atoms with E-state index in [0.717, 1.165) is 0 Å². The van der Waals surface area contributed by atoms with Crippen LogP contribution in [-0.2, 0) is 23.1 Å². The summed E-state index contributed by atoms with van der Waals surface area (Å²) in [7, 11) is -3.58. The third kappa shape index (κ3) is 2.94. The lowest BCUT2D eigenvalue weighted by Crippen LogP contribution is -2.25. The van der Waals surface area contributed by atoms with Crippen molar-refractivity contribution in [1.82, 2.24) is 19.8 Å². The van der Waals surface area contributed by atoms with Gasteiger partial charge in [-0.1, -0.05) is 5.16 Å². The average molecular weight is 272 g/mol. The minimum absolute atomic E-state index is 0.0806. The molecule has 2 aromatic heterocycles. The highest BCUT2D eigenvalue weighted by Crippen LogP contribution is 2.10. The Labute approximate surface area is 103 Å². The van der Waals surface area contributed by atoms with Gasteiger partial charge in [-0.3, -0.25) is 0 Å². The summed E-state index contributed by atoms with van der Waals surface area (Å²) in [5.74, 6) is 0.364. The lowest BCUT2D eigenvalue weighted by Gasteiger charge is -2.02. The summed E-state index contributed by atoms with van der Waals surface area (Å²) in [6, 6.07) is 1.37. The summed E-state index contributed by atoms with van der Waals surface area (Å²) in [5.41, 5.74) is 0.437. The van der Waals surface area contributed by atoms with Crippen molar-refractivity contribution in [3.8, 4) is 0 Å². The number of hydrogen-bond acceptors (Lipinski definition) is 6. The van der Waals surface area contributed by atoms with Gasteiger partial charge in [0.15, 0.2) is 6.33 Å². The predicted molar refractivity (Wildman–Crippen MR) is 59.9 cm³/mol. The number of aliphatic hydroxyl groups excluding tert-OH is 1. The highest BCUT2D eigenvalue weighted by atomic mass is 32.2. The summed E-state index contributed by atoms with van der Waals surface area (Å²) in [6.07, 6.45) is 2.89. The normalized spacial score (nSPS) is 11.8. The van der Waals surface area contributed by atoms with E-state index in [1.807, 2.05) is 0 Å². The van der Waals surface area contributed by atoms with Crippen molar-refractivity contribution in [1.29, 1.82) is 0 Å². The van der Waals surface area contributed by atoms with Crippen molar-refractivity contribution in [2.75, 3.05) is 6.54 Å². The molecule has 18 heavy (non-hydrogen) atoms. The molecular formula is C9H12N4O4S. The van der Waals surface area contributed by atoms with Crippen molar-refractivity contribution < 1.29 is 18.0 Å². The lowest BCUT2D eigenvalue weighted by atomic mass is 10.4. The Bertz CT molecular complexity index is 590. The largest absolute Gasteiger partial charge is 0.390 e. The monoisotopic (exact) mass is 272 g/mol. The Morgan fingerprint density at radius 3 is 2.94 bits per heavy atom. The minimum Gasteiger partial charge on any atom is -0.390 e. The fourth-order valence-corrected chi connectivity index (χ4v) is 2.40. The number of aromatic amines is 1. The van der Waals surface area contributed by atoms with Gasteiger partial charge < -0.3 is 14.6 Å². The van der Waals surface area contributed by atoms with Crippen LogP contribution in [0.4, 0.5) is 0 Å². The Morgan fingerprint density at radius 2 is 2.33 bits per heavy atom. The van der Waals surface area contributed by atoms with Crippen LogP contribution in [0.2, 0.25) is 0 Å². The van der Waals surface area contributed by atoms with Crippen LogP contribution in [0.25, 0.3) is 0 Å². The van der Waals surface area contributed by atoms with Crippen LogP contribution >= 0.6 is 0 Å². The van der Waals surface area contributed by atoms with E-state index in [4.69, 9.17) is 9.63 Å². The molecule has 0 saturated heterocycles. The van der Waals surface area contributed by atoms with E-state index in [-0.39, 0.29) is 18.0 Å². The van der Waals surface area contributed by atoms with Crippen molar-refractivity contribution in [2.24, 2.45) is 0 Å². The zero-order chi connectivity index (χ0) is 13.0. The molecule has 0 aliphatic rings. The van der Waals surface area contributed by atoms with Crippen LogP contribution in [-0.4, -0.2) is 35.2 Å². The van der Waals surface area contributed by atoms with Gasteiger partial charge in [0.25, 0.3) is 0 Å². The van der Waals surface area contributed by atoms with Gasteiger partial charge in [-0.05, 0) is 6.07 Å². The maximum Gasteiger partial charge on any atom is 0.242 e. The molecule has 0 saturated carbocycles. The molecular weight excluding hydrogens is 260 g/mol. The third-order valence-corrected chi connectivity index (χ3v) is 3.68. The van der Waals surface area contributed by atoms with Crippen molar-refractivity contribution >= 4 is 10.0 Å². The van der Waals surface area contributed by atoms with Crippen LogP contribution in [0.3, 0.4) is 0 Å². The lowest BCUT2D eigenvalue weighted by molar-refractivity contribution is 0.277. The fourth-order valence-electron chi connectivity index (χ4n) is 1.35. The third-order valence-electron chi connectivity index (χ3n) is 2.23. The second kappa shape index (κ2) is 5.29. The summed E-state index contributed by atoms with van der Waals surface area (Å²) < 4.78 is 30.8. The van der Waals surface area contributed by atoms with E-state index in [9.17, 15) is 8.42 Å². The Balaban J connectivity index is 1.95. The van der Waals surface area contributed by atoms with Gasteiger partial charge in [-0.2, -0.15) is 4.98 Å². The zero-order valence-corrected chi connectivity index (χ0v) is 10.1. The van der Waals surface area contributed by atoms with E-state index in [1.165, 1.54) is 18.6 Å². The molecule has 0 atom stereocenters. The topological polar surface area (TPSA) is 121 Å². The van der Waals surface area contributed by atoms with Gasteiger partial charge >= 0.3 is 0 Å². The molecule has 98 valence electrons. The SMILES string of the molecule is O=S(=O)(NCCc1ncno1)c1c[nH]c(CO)c1. The quantitative estimate of drug-likeness (QED) is 0.646. The number of H-pyrrole nitrogens is 1. The summed E-state index contributed by atoms with van der Waals surface area (Å²) in [6.45, 7) is -0.0817. The van der Waals surface area contributed by atoms with Crippen molar-refractivity contribution in [3.05, 3.63) is 30.2 Å². The van der Waals surface area contributed by atoms with Gasteiger partial charge in [-0.15, -0.1) is 0 Å². The molecule has 0 aliphatic heterocycles. The summed E-state index contributed by atoms with van der Waals surface area (Å²) in [4.78, 5) is 6.51. The zero-order valence-electron chi connectivity index (χ0n) is 9.33. The summed E-state index contributed by atoms with van der Waals surface area (Å²) in [5, 5.41) is 12.3. The van der Waals surface area contributed by atoms with Gasteiger partial charge in [0.1, 0.15) is 0 Å². The maximum absolute atomic E-state index is 11.8. The number of nitrogens with zero attached hydrogens (tertiary/aromatic N) is 2. The molecule has 0 fully saturated rings. The van der Waals surface area contributed by atoms with E-state index in [1.54, 1.807) is 0 Å². The Kier molecular flexibility index (Phi) is 3.75. The fraction of sp³-hybridized carbons (Fsp3) is 0.333. The highest BCUT2D eigenvalue weighted by Gasteiger charge is 2.15. The maximum atomic E-state index is 11.8. The number of hydrogen-bond donors (Lipinski definition) is 3. The molecule has 0 aliphatic carbocycles. The number of sulfonamides is 1. The van der Waals surface area contributed by atoms with Crippen LogP contribution in [0.1, 0.15) is 11.6 Å². The summed E-state index contributed by atoms with van der Waals surface area (Å²) >= 11 is 0. The standard InChI is InChI=1S/C9H12N4O4S/c14-5-7-3-8(4-10-7)18(15,16)13-2-1-9-11-6-12-17-9/h3-4,6,10,13-14H,1-2,5H2. The number of nitrogens with one attached hydrogen (secondary N) is 2. The highest BCUT2D eigenvalue weighted by molar-refractivity contribution is 7.89. The van der Waals surface area contributed by atoms with E-state index < -0.39 is 10.0 Å². The van der Waals surface area contributed by atoms with Crippen LogP contribution < -0.4 is 4.72 Å². The number of rotatable bonds is 6. The molecule has 0 radical (unpaired) electrons. The molecule has 9 heteroatoms. The average Bonchev–Trinajstić information content (AvgIpc) is 2.99. The van der Waals surface area contributed by atoms with Crippen LogP contribution in [0.5, 0.6) is 0 Å². The van der Waals surface area contributed by atoms with Gasteiger partial charge in [0.2, 0.25) is 15.9 Å². The van der Waals surface area contributed by atoms with Crippen molar-refractivity contribution in [2.45, 2.75) is 17.9 Å². The van der Waals surface area contributed by atoms with E-state index in [0.29, 0.717) is 18.0 Å². The molecule has 0 bridgehead atoms.